The number of rotatable bonds is 5. The Morgan fingerprint density at radius 2 is 2.11 bits per heavy atom. The van der Waals surface area contributed by atoms with Crippen LogP contribution < -0.4 is 4.74 Å². The fourth-order valence-electron chi connectivity index (χ4n) is 1.53. The van der Waals surface area contributed by atoms with E-state index in [1.807, 2.05) is 5.40 Å². The number of halogens is 3. The standard InChI is InChI=1S/C12H12F3NOS/c1-17-11-5-4-10(12(13,14)15)7-9(11)3-2-6-18-8-16/h4-5,7H,2-3,6H2,1H3. The first-order valence-electron chi connectivity index (χ1n) is 5.24. The van der Waals surface area contributed by atoms with Crippen molar-refractivity contribution < 1.29 is 17.9 Å². The fraction of sp³-hybridized carbons (Fsp3) is 0.417. The lowest BCUT2D eigenvalue weighted by Gasteiger charge is -2.12. The number of nitrogens with zero attached hydrogens (tertiary/aromatic N) is 1. The molecule has 1 aromatic carbocycles. The molecular weight excluding hydrogens is 263 g/mol. The van der Waals surface area contributed by atoms with Crippen LogP contribution in [0.3, 0.4) is 0 Å². The minimum absolute atomic E-state index is 0.449. The van der Waals surface area contributed by atoms with E-state index in [2.05, 4.69) is 0 Å². The Hall–Kier alpha value is -1.35. The molecule has 1 aromatic rings. The van der Waals surface area contributed by atoms with Crippen LogP contribution in [-0.2, 0) is 12.6 Å². The number of ether oxygens (including phenoxy) is 1. The van der Waals surface area contributed by atoms with E-state index in [1.54, 1.807) is 0 Å². The van der Waals surface area contributed by atoms with Gasteiger partial charge >= 0.3 is 6.18 Å². The first-order valence-corrected chi connectivity index (χ1v) is 6.22. The lowest BCUT2D eigenvalue weighted by molar-refractivity contribution is -0.137. The van der Waals surface area contributed by atoms with Gasteiger partial charge in [0.2, 0.25) is 0 Å². The predicted molar refractivity (Wildman–Crippen MR) is 64.4 cm³/mol. The molecule has 0 amide bonds. The van der Waals surface area contributed by atoms with Gasteiger partial charge in [-0.3, -0.25) is 0 Å². The van der Waals surface area contributed by atoms with Crippen LogP contribution in [0, 0.1) is 10.7 Å². The Morgan fingerprint density at radius 3 is 2.67 bits per heavy atom. The summed E-state index contributed by atoms with van der Waals surface area (Å²) in [7, 11) is 1.43. The molecule has 98 valence electrons. The molecule has 0 radical (unpaired) electrons. The van der Waals surface area contributed by atoms with Gasteiger partial charge < -0.3 is 4.74 Å². The van der Waals surface area contributed by atoms with Crippen molar-refractivity contribution in [1.29, 1.82) is 5.26 Å². The molecule has 0 fully saturated rings. The molecule has 18 heavy (non-hydrogen) atoms. The van der Waals surface area contributed by atoms with Gasteiger partial charge in [-0.15, -0.1) is 0 Å². The summed E-state index contributed by atoms with van der Waals surface area (Å²) in [5.74, 6) is 1.04. The Bertz CT molecular complexity index is 440. The molecule has 6 heteroatoms. The second-order valence-electron chi connectivity index (χ2n) is 3.57. The predicted octanol–water partition coefficient (Wildman–Crippen LogP) is 3.86. The number of aryl methyl sites for hydroxylation is 1. The molecule has 0 unspecified atom stereocenters. The maximum absolute atomic E-state index is 12.6. The molecule has 1 rings (SSSR count). The van der Waals surface area contributed by atoms with E-state index in [0.29, 0.717) is 29.9 Å². The number of hydrogen-bond acceptors (Lipinski definition) is 3. The summed E-state index contributed by atoms with van der Waals surface area (Å²) in [6.45, 7) is 0. The molecule has 2 nitrogen and oxygen atoms in total. The van der Waals surface area contributed by atoms with Gasteiger partial charge in [0.1, 0.15) is 11.2 Å². The zero-order valence-corrected chi connectivity index (χ0v) is 10.6. The summed E-state index contributed by atoms with van der Waals surface area (Å²) in [6, 6.07) is 3.44. The summed E-state index contributed by atoms with van der Waals surface area (Å²) in [6.07, 6.45) is -3.25. The van der Waals surface area contributed by atoms with Gasteiger partial charge in [0, 0.05) is 5.75 Å². The largest absolute Gasteiger partial charge is 0.496 e. The SMILES string of the molecule is COc1ccc(C(F)(F)F)cc1CCCSC#N. The molecule has 0 heterocycles. The van der Waals surface area contributed by atoms with Gasteiger partial charge in [-0.25, -0.2) is 0 Å². The topological polar surface area (TPSA) is 33.0 Å². The quantitative estimate of drug-likeness (QED) is 0.604. The summed E-state index contributed by atoms with van der Waals surface area (Å²) in [4.78, 5) is 0. The van der Waals surface area contributed by atoms with Gasteiger partial charge in [0.05, 0.1) is 12.7 Å². The molecule has 0 aliphatic rings. The van der Waals surface area contributed by atoms with Gasteiger partial charge in [0.25, 0.3) is 0 Å². The van der Waals surface area contributed by atoms with Crippen molar-refractivity contribution in [3.63, 3.8) is 0 Å². The van der Waals surface area contributed by atoms with Crippen LogP contribution in [0.15, 0.2) is 18.2 Å². The zero-order chi connectivity index (χ0) is 13.6. The average Bonchev–Trinajstić information content (AvgIpc) is 2.33. The number of methoxy groups -OCH3 is 1. The third-order valence-corrected chi connectivity index (χ3v) is 2.99. The highest BCUT2D eigenvalue weighted by Gasteiger charge is 2.30. The van der Waals surface area contributed by atoms with Crippen molar-refractivity contribution in [3.05, 3.63) is 29.3 Å². The maximum Gasteiger partial charge on any atom is 0.416 e. The Labute approximate surface area is 108 Å². The second kappa shape index (κ2) is 6.55. The normalized spacial score (nSPS) is 11.1. The maximum atomic E-state index is 12.6. The molecule has 0 saturated heterocycles. The third kappa shape index (κ3) is 4.15. The van der Waals surface area contributed by atoms with Gasteiger partial charge in [-0.2, -0.15) is 18.4 Å². The van der Waals surface area contributed by atoms with Crippen LogP contribution in [0.25, 0.3) is 0 Å². The van der Waals surface area contributed by atoms with E-state index >= 15 is 0 Å². The molecule has 0 aliphatic carbocycles. The van der Waals surface area contributed by atoms with Gasteiger partial charge in [0.15, 0.2) is 0 Å². The number of thioether (sulfide) groups is 1. The highest BCUT2D eigenvalue weighted by Crippen LogP contribution is 2.33. The average molecular weight is 275 g/mol. The number of hydrogen-bond donors (Lipinski definition) is 0. The molecule has 0 N–H and O–H groups in total. The van der Waals surface area contributed by atoms with Crippen LogP contribution >= 0.6 is 11.8 Å². The van der Waals surface area contributed by atoms with Crippen LogP contribution in [0.1, 0.15) is 17.5 Å². The lowest BCUT2D eigenvalue weighted by Crippen LogP contribution is -2.06. The Kier molecular flexibility index (Phi) is 5.35. The molecule has 0 atom stereocenters. The first-order chi connectivity index (χ1) is 8.49. The van der Waals surface area contributed by atoms with Crippen molar-refractivity contribution in [2.75, 3.05) is 12.9 Å². The third-order valence-electron chi connectivity index (χ3n) is 2.36. The van der Waals surface area contributed by atoms with Crippen molar-refractivity contribution >= 4 is 11.8 Å². The van der Waals surface area contributed by atoms with E-state index in [0.717, 1.165) is 23.9 Å². The van der Waals surface area contributed by atoms with Crippen LogP contribution in [0.5, 0.6) is 5.75 Å². The number of benzene rings is 1. The highest BCUT2D eigenvalue weighted by molar-refractivity contribution is 8.03. The number of nitriles is 1. The van der Waals surface area contributed by atoms with E-state index < -0.39 is 11.7 Å². The van der Waals surface area contributed by atoms with Crippen molar-refractivity contribution in [2.24, 2.45) is 0 Å². The van der Waals surface area contributed by atoms with Gasteiger partial charge in [-0.05, 0) is 48.4 Å². The summed E-state index contributed by atoms with van der Waals surface area (Å²) >= 11 is 1.09. The molecule has 0 aliphatic heterocycles. The van der Waals surface area contributed by atoms with Crippen LogP contribution in [0.4, 0.5) is 13.2 Å². The van der Waals surface area contributed by atoms with E-state index in [-0.39, 0.29) is 0 Å². The smallest absolute Gasteiger partial charge is 0.416 e. The van der Waals surface area contributed by atoms with Crippen molar-refractivity contribution in [1.82, 2.24) is 0 Å². The Balaban J connectivity index is 2.83. The molecule has 0 spiro atoms. The van der Waals surface area contributed by atoms with Gasteiger partial charge in [-0.1, -0.05) is 0 Å². The molecule has 0 aromatic heterocycles. The Morgan fingerprint density at radius 1 is 1.39 bits per heavy atom. The number of alkyl halides is 3. The van der Waals surface area contributed by atoms with Crippen LogP contribution in [0.2, 0.25) is 0 Å². The highest BCUT2D eigenvalue weighted by atomic mass is 32.2. The summed E-state index contributed by atoms with van der Waals surface area (Å²) in [5, 5.41) is 10.3. The minimum Gasteiger partial charge on any atom is -0.496 e. The molecular formula is C12H12F3NOS. The van der Waals surface area contributed by atoms with E-state index in [4.69, 9.17) is 10.00 Å². The summed E-state index contributed by atoms with van der Waals surface area (Å²) in [5.41, 5.74) is -0.155. The lowest BCUT2D eigenvalue weighted by atomic mass is 10.1. The number of thiocyanates is 1. The monoisotopic (exact) mass is 275 g/mol. The fourth-order valence-corrected chi connectivity index (χ4v) is 1.91. The van der Waals surface area contributed by atoms with Crippen molar-refractivity contribution in [3.8, 4) is 11.2 Å². The second-order valence-corrected chi connectivity index (χ2v) is 4.45. The zero-order valence-electron chi connectivity index (χ0n) is 9.75. The van der Waals surface area contributed by atoms with E-state index in [9.17, 15) is 13.2 Å². The summed E-state index contributed by atoms with van der Waals surface area (Å²) < 4.78 is 42.7. The molecule has 0 bridgehead atoms. The van der Waals surface area contributed by atoms with Crippen molar-refractivity contribution in [2.45, 2.75) is 19.0 Å². The minimum atomic E-state index is -4.34. The van der Waals surface area contributed by atoms with E-state index in [1.165, 1.54) is 13.2 Å². The van der Waals surface area contributed by atoms with Crippen LogP contribution in [-0.4, -0.2) is 12.9 Å². The first kappa shape index (κ1) is 14.7. The molecule has 0 saturated carbocycles.